The van der Waals surface area contributed by atoms with Crippen molar-refractivity contribution in [2.24, 2.45) is 5.92 Å². The number of carbonyl (C=O) groups is 1. The summed E-state index contributed by atoms with van der Waals surface area (Å²) in [5, 5.41) is 11.1. The molecule has 2 aromatic rings. The van der Waals surface area contributed by atoms with Crippen LogP contribution in [0.15, 0.2) is 10.6 Å². The molecule has 1 aliphatic heterocycles. The smallest absolute Gasteiger partial charge is 0.258 e. The van der Waals surface area contributed by atoms with Gasteiger partial charge in [-0.25, -0.2) is 4.98 Å². The number of aryl methyl sites for hydroxylation is 2. The van der Waals surface area contributed by atoms with Crippen LogP contribution in [0.2, 0.25) is 0 Å². The second-order valence-electron chi connectivity index (χ2n) is 5.81. The maximum Gasteiger partial charge on any atom is 0.258 e. The van der Waals surface area contributed by atoms with Crippen molar-refractivity contribution in [3.63, 3.8) is 0 Å². The minimum atomic E-state index is -0.0858. The molecule has 0 saturated carbocycles. The predicted octanol–water partition coefficient (Wildman–Crippen LogP) is 1.57. The maximum atomic E-state index is 12.6. The van der Waals surface area contributed by atoms with Crippen molar-refractivity contribution in [1.29, 1.82) is 0 Å². The maximum absolute atomic E-state index is 12.6. The summed E-state index contributed by atoms with van der Waals surface area (Å²) in [6.07, 6.45) is 1.07. The first-order chi connectivity index (χ1) is 10.1. The summed E-state index contributed by atoms with van der Waals surface area (Å²) in [6, 6.07) is 1.94. The number of fused-ring (bicyclic) bond motifs is 1. The van der Waals surface area contributed by atoms with Crippen LogP contribution in [-0.4, -0.2) is 35.2 Å². The van der Waals surface area contributed by atoms with Crippen LogP contribution in [0.25, 0.3) is 11.1 Å². The molecule has 1 fully saturated rings. The molecule has 1 amide bonds. The molecule has 6 nitrogen and oxygen atoms in total. The number of aromatic nitrogens is 2. The van der Waals surface area contributed by atoms with Crippen molar-refractivity contribution in [2.75, 3.05) is 13.1 Å². The Morgan fingerprint density at radius 1 is 1.48 bits per heavy atom. The van der Waals surface area contributed by atoms with E-state index in [0.29, 0.717) is 28.3 Å². The third-order valence-electron chi connectivity index (χ3n) is 4.13. The summed E-state index contributed by atoms with van der Waals surface area (Å²) >= 11 is 0. The van der Waals surface area contributed by atoms with Crippen LogP contribution < -0.4 is 10.6 Å². The van der Waals surface area contributed by atoms with Gasteiger partial charge in [0.05, 0.1) is 16.6 Å². The lowest BCUT2D eigenvalue weighted by molar-refractivity contribution is 0.0916. The zero-order chi connectivity index (χ0) is 15.0. The second-order valence-corrected chi connectivity index (χ2v) is 5.81. The molecule has 0 radical (unpaired) electrons. The molecule has 1 saturated heterocycles. The van der Waals surface area contributed by atoms with Gasteiger partial charge in [0.15, 0.2) is 0 Å². The fraction of sp³-hybridized carbons (Fsp3) is 0.533. The monoisotopic (exact) mass is 288 g/mol. The second kappa shape index (κ2) is 5.44. The van der Waals surface area contributed by atoms with Gasteiger partial charge in [-0.1, -0.05) is 12.1 Å². The summed E-state index contributed by atoms with van der Waals surface area (Å²) in [5.74, 6) is 0.384. The molecular formula is C15H20N4O2. The van der Waals surface area contributed by atoms with E-state index in [0.717, 1.165) is 25.2 Å². The molecule has 0 aromatic carbocycles. The van der Waals surface area contributed by atoms with Gasteiger partial charge in [0.1, 0.15) is 0 Å². The molecule has 3 heterocycles. The predicted molar refractivity (Wildman–Crippen MR) is 79.2 cm³/mol. The van der Waals surface area contributed by atoms with E-state index in [-0.39, 0.29) is 11.9 Å². The van der Waals surface area contributed by atoms with Crippen LogP contribution in [0, 0.1) is 19.8 Å². The lowest BCUT2D eigenvalue weighted by Crippen LogP contribution is -2.50. The van der Waals surface area contributed by atoms with Crippen LogP contribution in [0.3, 0.4) is 0 Å². The van der Waals surface area contributed by atoms with Gasteiger partial charge < -0.3 is 15.2 Å². The van der Waals surface area contributed by atoms with Gasteiger partial charge in [-0.05, 0) is 38.8 Å². The van der Waals surface area contributed by atoms with E-state index < -0.39 is 0 Å². The number of piperidine rings is 1. The van der Waals surface area contributed by atoms with E-state index in [1.54, 1.807) is 6.07 Å². The van der Waals surface area contributed by atoms with Crippen LogP contribution >= 0.6 is 0 Å². The summed E-state index contributed by atoms with van der Waals surface area (Å²) in [5.41, 5.74) is 2.46. The van der Waals surface area contributed by atoms with E-state index in [1.165, 1.54) is 0 Å². The standard InChI is InChI=1S/C15H20N4O2/c1-8-4-5-16-7-12(8)18-14(20)11-6-9(2)17-15-13(11)10(3)19-21-15/h6,8,12,16H,4-5,7H2,1-3H3,(H,18,20). The van der Waals surface area contributed by atoms with Crippen molar-refractivity contribution in [3.8, 4) is 0 Å². The molecule has 2 aromatic heterocycles. The third-order valence-corrected chi connectivity index (χ3v) is 4.13. The lowest BCUT2D eigenvalue weighted by Gasteiger charge is -2.30. The highest BCUT2D eigenvalue weighted by molar-refractivity contribution is 6.06. The Kier molecular flexibility index (Phi) is 3.63. The van der Waals surface area contributed by atoms with Crippen LogP contribution in [0.4, 0.5) is 0 Å². The van der Waals surface area contributed by atoms with Crippen molar-refractivity contribution in [3.05, 3.63) is 23.0 Å². The first-order valence-corrected chi connectivity index (χ1v) is 7.31. The first kappa shape index (κ1) is 14.0. The first-order valence-electron chi connectivity index (χ1n) is 7.31. The number of hydrogen-bond acceptors (Lipinski definition) is 5. The lowest BCUT2D eigenvalue weighted by atomic mass is 9.94. The quantitative estimate of drug-likeness (QED) is 0.876. The minimum Gasteiger partial charge on any atom is -0.348 e. The Morgan fingerprint density at radius 3 is 3.05 bits per heavy atom. The zero-order valence-corrected chi connectivity index (χ0v) is 12.6. The number of carbonyl (C=O) groups excluding carboxylic acids is 1. The Bertz CT molecular complexity index is 680. The van der Waals surface area contributed by atoms with Crippen LogP contribution in [0.1, 0.15) is 35.1 Å². The number of pyridine rings is 1. The number of hydrogen-bond donors (Lipinski definition) is 2. The average molecular weight is 288 g/mol. The third kappa shape index (κ3) is 2.63. The average Bonchev–Trinajstić information content (AvgIpc) is 2.82. The fourth-order valence-electron chi connectivity index (χ4n) is 2.83. The summed E-state index contributed by atoms with van der Waals surface area (Å²) in [4.78, 5) is 16.9. The van der Waals surface area contributed by atoms with Crippen molar-refractivity contribution in [1.82, 2.24) is 20.8 Å². The molecule has 0 spiro atoms. The van der Waals surface area contributed by atoms with Gasteiger partial charge in [-0.15, -0.1) is 0 Å². The minimum absolute atomic E-state index is 0.0858. The van der Waals surface area contributed by atoms with Gasteiger partial charge in [0.2, 0.25) is 0 Å². The van der Waals surface area contributed by atoms with Crippen LogP contribution in [-0.2, 0) is 0 Å². The SMILES string of the molecule is Cc1cc(C(=O)NC2CNCCC2C)c2c(C)noc2n1. The summed E-state index contributed by atoms with van der Waals surface area (Å²) < 4.78 is 5.18. The van der Waals surface area contributed by atoms with Gasteiger partial charge in [-0.2, -0.15) is 0 Å². The molecule has 2 N–H and O–H groups in total. The Labute approximate surface area is 123 Å². The highest BCUT2D eigenvalue weighted by atomic mass is 16.5. The molecule has 3 rings (SSSR count). The number of nitrogens with zero attached hydrogens (tertiary/aromatic N) is 2. The molecule has 1 aliphatic rings. The normalized spacial score (nSPS) is 22.4. The van der Waals surface area contributed by atoms with Crippen LogP contribution in [0.5, 0.6) is 0 Å². The Balaban J connectivity index is 1.92. The number of amides is 1. The van der Waals surface area contributed by atoms with Gasteiger partial charge in [0, 0.05) is 18.3 Å². The number of rotatable bonds is 2. The highest BCUT2D eigenvalue weighted by Crippen LogP contribution is 2.22. The van der Waals surface area contributed by atoms with Gasteiger partial charge in [-0.3, -0.25) is 4.79 Å². The largest absolute Gasteiger partial charge is 0.348 e. The van der Waals surface area contributed by atoms with E-state index in [9.17, 15) is 4.79 Å². The molecular weight excluding hydrogens is 268 g/mol. The molecule has 0 aliphatic carbocycles. The Hall–Kier alpha value is -1.95. The Morgan fingerprint density at radius 2 is 2.29 bits per heavy atom. The summed E-state index contributed by atoms with van der Waals surface area (Å²) in [7, 11) is 0. The van der Waals surface area contributed by atoms with Crippen molar-refractivity contribution in [2.45, 2.75) is 33.2 Å². The molecule has 112 valence electrons. The molecule has 21 heavy (non-hydrogen) atoms. The van der Waals surface area contributed by atoms with E-state index in [1.807, 2.05) is 13.8 Å². The van der Waals surface area contributed by atoms with E-state index >= 15 is 0 Å². The fourth-order valence-corrected chi connectivity index (χ4v) is 2.83. The molecule has 0 bridgehead atoms. The van der Waals surface area contributed by atoms with E-state index in [4.69, 9.17) is 4.52 Å². The van der Waals surface area contributed by atoms with Gasteiger partial charge in [0.25, 0.3) is 11.6 Å². The zero-order valence-electron chi connectivity index (χ0n) is 12.6. The van der Waals surface area contributed by atoms with Crippen molar-refractivity contribution >= 4 is 17.0 Å². The molecule has 2 atom stereocenters. The van der Waals surface area contributed by atoms with E-state index in [2.05, 4.69) is 27.7 Å². The van der Waals surface area contributed by atoms with Gasteiger partial charge >= 0.3 is 0 Å². The topological polar surface area (TPSA) is 80.0 Å². The summed E-state index contributed by atoms with van der Waals surface area (Å²) in [6.45, 7) is 7.66. The van der Waals surface area contributed by atoms with Crippen molar-refractivity contribution < 1.29 is 9.32 Å². The molecule has 6 heteroatoms. The molecule has 2 unspecified atom stereocenters. The number of nitrogens with one attached hydrogen (secondary N) is 2. The highest BCUT2D eigenvalue weighted by Gasteiger charge is 2.25.